The summed E-state index contributed by atoms with van der Waals surface area (Å²) in [6, 6.07) is 73.8. The van der Waals surface area contributed by atoms with Crippen LogP contribution in [0.5, 0.6) is 11.5 Å². The smallest absolute Gasteiger partial charge is 0.135 e. The van der Waals surface area contributed by atoms with E-state index in [1.165, 1.54) is 44.5 Å². The van der Waals surface area contributed by atoms with Crippen molar-refractivity contribution in [1.29, 1.82) is 0 Å². The maximum Gasteiger partial charge on any atom is 0.135 e. The van der Waals surface area contributed by atoms with Gasteiger partial charge < -0.3 is 19.1 Å². The van der Waals surface area contributed by atoms with Crippen LogP contribution in [0.15, 0.2) is 188 Å². The van der Waals surface area contributed by atoms with Gasteiger partial charge in [0.15, 0.2) is 0 Å². The first-order valence-corrected chi connectivity index (χ1v) is 27.2. The van der Waals surface area contributed by atoms with Crippen molar-refractivity contribution < 1.29 is 25.8 Å². The molecular formula is C72H71N4OPt-3. The van der Waals surface area contributed by atoms with E-state index in [4.69, 9.17) is 9.72 Å². The van der Waals surface area contributed by atoms with Crippen LogP contribution in [0.25, 0.3) is 38.8 Å². The van der Waals surface area contributed by atoms with Crippen molar-refractivity contribution >= 4 is 44.6 Å². The molecule has 11 rings (SSSR count). The molecule has 0 aliphatic carbocycles. The first-order chi connectivity index (χ1) is 36.5. The number of hydrogen-bond donors (Lipinski definition) is 0. The number of rotatable bonds is 10. The van der Waals surface area contributed by atoms with Crippen molar-refractivity contribution in [3.8, 4) is 28.4 Å². The van der Waals surface area contributed by atoms with Crippen molar-refractivity contribution in [3.63, 3.8) is 0 Å². The molecule has 0 saturated heterocycles. The van der Waals surface area contributed by atoms with Crippen molar-refractivity contribution in [2.75, 3.05) is 9.80 Å². The zero-order valence-corrected chi connectivity index (χ0v) is 49.8. The van der Waals surface area contributed by atoms with Crippen molar-refractivity contribution in [3.05, 3.63) is 246 Å². The zero-order chi connectivity index (χ0) is 54.2. The molecule has 2 aromatic heterocycles. The van der Waals surface area contributed by atoms with Gasteiger partial charge in [0.25, 0.3) is 0 Å². The normalized spacial score (nSPS) is 13.2. The van der Waals surface area contributed by atoms with E-state index in [1.54, 1.807) is 0 Å². The summed E-state index contributed by atoms with van der Waals surface area (Å²) in [6.45, 7) is 31.9. The van der Waals surface area contributed by atoms with Crippen molar-refractivity contribution in [2.45, 2.75) is 117 Å². The zero-order valence-electron chi connectivity index (χ0n) is 47.5. The second-order valence-electron chi connectivity index (χ2n) is 25.2. The predicted molar refractivity (Wildman–Crippen MR) is 323 cm³/mol. The largest absolute Gasteiger partial charge is 0.509 e. The number of anilines is 4. The minimum atomic E-state index is -0.274. The molecule has 0 bridgehead atoms. The van der Waals surface area contributed by atoms with Gasteiger partial charge in [0.05, 0.1) is 0 Å². The van der Waals surface area contributed by atoms with Crippen LogP contribution in [-0.2, 0) is 48.1 Å². The molecule has 0 radical (unpaired) electrons. The summed E-state index contributed by atoms with van der Waals surface area (Å²) >= 11 is 0. The summed E-state index contributed by atoms with van der Waals surface area (Å²) in [5.41, 5.74) is 16.2. The number of ether oxygens (including phenoxy) is 1. The second kappa shape index (κ2) is 20.2. The Bertz CT molecular complexity index is 3820. The van der Waals surface area contributed by atoms with E-state index in [-0.39, 0.29) is 48.1 Å². The van der Waals surface area contributed by atoms with Gasteiger partial charge in [0.1, 0.15) is 5.82 Å². The summed E-state index contributed by atoms with van der Waals surface area (Å²) in [6.07, 6.45) is 1.93. The van der Waals surface area contributed by atoms with Gasteiger partial charge in [-0.15, -0.1) is 53.6 Å². The molecular weight excluding hydrogens is 1130 g/mol. The molecule has 10 aromatic rings. The quantitative estimate of drug-likeness (QED) is 0.128. The Morgan fingerprint density at radius 1 is 0.423 bits per heavy atom. The second-order valence-corrected chi connectivity index (χ2v) is 25.2. The predicted octanol–water partition coefficient (Wildman–Crippen LogP) is 19.2. The molecule has 398 valence electrons. The number of hydrogen-bond acceptors (Lipinski definition) is 4. The van der Waals surface area contributed by atoms with Crippen LogP contribution in [0.4, 0.5) is 22.7 Å². The Labute approximate surface area is 478 Å². The van der Waals surface area contributed by atoms with Gasteiger partial charge in [-0.1, -0.05) is 211 Å². The van der Waals surface area contributed by atoms with Crippen LogP contribution < -0.4 is 14.5 Å². The first kappa shape index (κ1) is 54.2. The summed E-state index contributed by atoms with van der Waals surface area (Å²) in [7, 11) is 0. The van der Waals surface area contributed by atoms with Gasteiger partial charge in [-0.25, -0.2) is 4.98 Å². The molecule has 0 unspecified atom stereocenters. The Hall–Kier alpha value is -7.20. The van der Waals surface area contributed by atoms with Crippen LogP contribution in [0.2, 0.25) is 0 Å². The molecule has 0 amide bonds. The van der Waals surface area contributed by atoms with Crippen LogP contribution in [0.1, 0.15) is 129 Å². The minimum absolute atomic E-state index is 0. The van der Waals surface area contributed by atoms with Gasteiger partial charge in [0.2, 0.25) is 0 Å². The molecule has 1 aliphatic heterocycles. The molecule has 0 N–H and O–H groups in total. The number of pyridine rings is 1. The van der Waals surface area contributed by atoms with E-state index in [1.807, 2.05) is 6.20 Å². The number of aromatic nitrogens is 2. The molecule has 0 atom stereocenters. The fraction of sp³-hybridized carbons (Fsp3) is 0.250. The van der Waals surface area contributed by atoms with E-state index >= 15 is 0 Å². The fourth-order valence-corrected chi connectivity index (χ4v) is 10.9. The van der Waals surface area contributed by atoms with E-state index in [0.29, 0.717) is 11.5 Å². The number of benzene rings is 8. The molecule has 6 heteroatoms. The third kappa shape index (κ3) is 10.2. The monoisotopic (exact) mass is 1200 g/mol. The first-order valence-electron chi connectivity index (χ1n) is 27.2. The molecule has 1 aliphatic rings. The summed E-state index contributed by atoms with van der Waals surface area (Å²) in [5.74, 6) is 2.06. The van der Waals surface area contributed by atoms with Crippen molar-refractivity contribution in [1.82, 2.24) is 9.55 Å². The molecule has 0 saturated carbocycles. The molecule has 0 spiro atoms. The SMILES string of the molecule is CC(C)(C)c1cc(Oc2[c-]c3c(cc2)c2cc(C(C)(C)c4ccccc4)ccc2n3-c2cc(C(C)(C)C)ccn2)[c-]c(N2[CH-]N(c3cc(-c4ccccc4)cc(C(C)(C)c4ccccc4)c3)c3ccc(C(C)(C)C)cc32)c1.[Pt]. The maximum absolute atomic E-state index is 7.06. The van der Waals surface area contributed by atoms with Crippen LogP contribution >= 0.6 is 0 Å². The Morgan fingerprint density at radius 3 is 1.67 bits per heavy atom. The standard InChI is InChI=1S/C72H71N4O.Pt/c1-68(2,3)52-29-34-64-66(43-52)75(47-74(64)57-38-49(48-23-17-14-18-24-48)37-56(40-57)72(12,13)51-27-21-16-22-28-51)58-39-55(70(7,8)9)41-60(45-58)77-59-31-32-61-62-42-54(71(10,11)50-25-19-15-20-26-50)30-33-63(62)76(65(61)46-59)67-44-53(35-36-73-67)69(4,5)6;/h14-44,47H,1-13H3;/q-3;. The topological polar surface area (TPSA) is 33.5 Å². The van der Waals surface area contributed by atoms with Crippen LogP contribution in [-0.4, -0.2) is 9.55 Å². The van der Waals surface area contributed by atoms with Gasteiger partial charge in [-0.05, 0) is 109 Å². The summed E-state index contributed by atoms with van der Waals surface area (Å²) in [4.78, 5) is 9.68. The Morgan fingerprint density at radius 2 is 1.03 bits per heavy atom. The molecule has 0 fully saturated rings. The van der Waals surface area contributed by atoms with Gasteiger partial charge in [0, 0.05) is 72.2 Å². The van der Waals surface area contributed by atoms with Gasteiger partial charge in [-0.3, -0.25) is 0 Å². The molecule has 3 heterocycles. The fourth-order valence-electron chi connectivity index (χ4n) is 10.9. The van der Waals surface area contributed by atoms with Crippen LogP contribution in [0, 0.1) is 18.8 Å². The maximum atomic E-state index is 7.06. The third-order valence-electron chi connectivity index (χ3n) is 16.0. The van der Waals surface area contributed by atoms with E-state index < -0.39 is 0 Å². The van der Waals surface area contributed by atoms with Gasteiger partial charge >= 0.3 is 0 Å². The molecule has 78 heavy (non-hydrogen) atoms. The van der Waals surface area contributed by atoms with E-state index in [9.17, 15) is 0 Å². The molecule has 8 aromatic carbocycles. The third-order valence-corrected chi connectivity index (χ3v) is 16.0. The average Bonchev–Trinajstić information content (AvgIpc) is 4.11. The molecule has 5 nitrogen and oxygen atoms in total. The van der Waals surface area contributed by atoms with Crippen LogP contribution in [0.3, 0.4) is 0 Å². The van der Waals surface area contributed by atoms with Gasteiger partial charge in [-0.2, -0.15) is 6.07 Å². The van der Waals surface area contributed by atoms with Crippen molar-refractivity contribution in [2.24, 2.45) is 0 Å². The Kier molecular flexibility index (Phi) is 14.0. The summed E-state index contributed by atoms with van der Waals surface area (Å²) < 4.78 is 9.32. The van der Waals surface area contributed by atoms with E-state index in [0.717, 1.165) is 55.9 Å². The van der Waals surface area contributed by atoms with E-state index in [2.05, 4.69) is 305 Å². The minimum Gasteiger partial charge on any atom is -0.509 e. The number of fused-ring (bicyclic) bond motifs is 4. The summed E-state index contributed by atoms with van der Waals surface area (Å²) in [5, 5.41) is 2.22. The Balaban J connectivity index is 0.00000688. The average molecular weight is 1200 g/mol. The number of nitrogens with zero attached hydrogens (tertiary/aromatic N) is 4.